The molecule has 0 bridgehead atoms. The molecule has 4 rings (SSSR count). The Bertz CT molecular complexity index is 1520. The fraction of sp³-hybridized carbons (Fsp3) is 0.569. The van der Waals surface area contributed by atoms with Gasteiger partial charge in [0.05, 0.1) is 0 Å². The van der Waals surface area contributed by atoms with Gasteiger partial charge in [-0.3, -0.25) is 4.79 Å². The Morgan fingerprint density at radius 1 is 0.429 bits per heavy atom. The number of aromatic hydroxyl groups is 1. The van der Waals surface area contributed by atoms with Crippen molar-refractivity contribution in [2.75, 3.05) is 0 Å². The normalized spacial score (nSPS) is 11.5. The SMILES string of the molecule is C.C.C.C.C.C.C.C.C.C.C.C.CCC(C)c1ccc(C(CC)CC(C)c2ccc(O)cc2)cc1.CCC(C)c1ccc(C(CC)CC(C)c2ccc(OC(C)=O)cc2)cc1.[Na+].[OH-]. The maximum Gasteiger partial charge on any atom is 1.00 e. The van der Waals surface area contributed by atoms with E-state index in [1.54, 1.807) is 12.1 Å². The Morgan fingerprint density at radius 2 is 0.667 bits per heavy atom. The molecule has 2 N–H and O–H groups in total. The van der Waals surface area contributed by atoms with E-state index in [4.69, 9.17) is 4.74 Å². The van der Waals surface area contributed by atoms with Gasteiger partial charge in [0, 0.05) is 6.92 Å². The summed E-state index contributed by atoms with van der Waals surface area (Å²) in [5.41, 5.74) is 8.35. The summed E-state index contributed by atoms with van der Waals surface area (Å²) in [6, 6.07) is 34.0. The van der Waals surface area contributed by atoms with E-state index < -0.39 is 0 Å². The summed E-state index contributed by atoms with van der Waals surface area (Å²) in [5, 5.41) is 9.44. The Balaban J connectivity index is -0.0000000678. The molecule has 0 heterocycles. The first-order valence-corrected chi connectivity index (χ1v) is 18.8. The van der Waals surface area contributed by atoms with Gasteiger partial charge < -0.3 is 15.3 Å². The molecule has 63 heavy (non-hydrogen) atoms. The van der Waals surface area contributed by atoms with E-state index in [1.165, 1.54) is 53.1 Å². The quantitative estimate of drug-likeness (QED) is 0.0733. The Labute approximate surface area is 420 Å². The molecule has 5 heteroatoms. The summed E-state index contributed by atoms with van der Waals surface area (Å²) in [6.45, 7) is 19.6. The molecule has 0 amide bonds. The number of hydrogen-bond donors (Lipinski definition) is 1. The number of phenols is 1. The van der Waals surface area contributed by atoms with Gasteiger partial charge in [-0.05, 0) is 132 Å². The average Bonchev–Trinajstić information content (AvgIpc) is 3.12. The van der Waals surface area contributed by atoms with Crippen LogP contribution in [0.5, 0.6) is 11.5 Å². The fourth-order valence-electron chi connectivity index (χ4n) is 6.70. The first-order valence-electron chi connectivity index (χ1n) is 18.8. The molecule has 4 aromatic carbocycles. The van der Waals surface area contributed by atoms with Crippen LogP contribution in [-0.4, -0.2) is 16.6 Å². The molecule has 6 atom stereocenters. The predicted molar refractivity (Wildman–Crippen MR) is 291 cm³/mol. The van der Waals surface area contributed by atoms with Crippen LogP contribution in [0.3, 0.4) is 0 Å². The summed E-state index contributed by atoms with van der Waals surface area (Å²) in [5.74, 6) is 4.04. The zero-order valence-electron chi connectivity index (χ0n) is 33.2. The summed E-state index contributed by atoms with van der Waals surface area (Å²) in [6.07, 6.45) is 6.92. The van der Waals surface area contributed by atoms with Crippen molar-refractivity contribution in [1.82, 2.24) is 0 Å². The van der Waals surface area contributed by atoms with Gasteiger partial charge in [0.1, 0.15) is 11.5 Å². The van der Waals surface area contributed by atoms with Gasteiger partial charge in [0.15, 0.2) is 0 Å². The average molecular weight is 896 g/mol. The van der Waals surface area contributed by atoms with E-state index in [9.17, 15) is 9.90 Å². The molecule has 6 unspecified atom stereocenters. The number of carbonyl (C=O) groups excluding carboxylic acids is 1. The third-order valence-corrected chi connectivity index (χ3v) is 10.6. The third-order valence-electron chi connectivity index (χ3n) is 10.6. The Morgan fingerprint density at radius 3 is 0.921 bits per heavy atom. The maximum absolute atomic E-state index is 11.0. The van der Waals surface area contributed by atoms with Gasteiger partial charge in [0.25, 0.3) is 0 Å². The zero-order chi connectivity index (χ0) is 35.9. The van der Waals surface area contributed by atoms with Crippen molar-refractivity contribution in [2.24, 2.45) is 0 Å². The van der Waals surface area contributed by atoms with Crippen LogP contribution in [-0.2, 0) is 4.79 Å². The van der Waals surface area contributed by atoms with Crippen molar-refractivity contribution >= 4 is 5.97 Å². The van der Waals surface area contributed by atoms with Crippen molar-refractivity contribution in [3.63, 3.8) is 0 Å². The van der Waals surface area contributed by atoms with Crippen LogP contribution in [0.1, 0.15) is 259 Å². The van der Waals surface area contributed by atoms with Gasteiger partial charge in [-0.25, -0.2) is 0 Å². The molecule has 0 aliphatic rings. The van der Waals surface area contributed by atoms with Crippen LogP contribution in [0.2, 0.25) is 0 Å². The van der Waals surface area contributed by atoms with Gasteiger partial charge in [-0.1, -0.05) is 217 Å². The Kier molecular flexibility index (Phi) is 67.8. The number of esters is 1. The van der Waals surface area contributed by atoms with Crippen LogP contribution in [0.25, 0.3) is 0 Å². The third kappa shape index (κ3) is 29.3. The van der Waals surface area contributed by atoms with Gasteiger partial charge in [-0.2, -0.15) is 0 Å². The topological polar surface area (TPSA) is 76.5 Å². The van der Waals surface area contributed by atoms with Crippen molar-refractivity contribution in [2.45, 2.75) is 225 Å². The smallest absolute Gasteiger partial charge is 0.870 e. The minimum atomic E-state index is -0.280. The molecule has 0 saturated carbocycles. The van der Waals surface area contributed by atoms with Gasteiger partial charge in [-0.15, -0.1) is 0 Å². The predicted octanol–water partition coefficient (Wildman–Crippen LogP) is 17.9. The molecule has 0 saturated heterocycles. The largest absolute Gasteiger partial charge is 1.00 e. The number of rotatable bonds is 15. The van der Waals surface area contributed by atoms with E-state index in [0.717, 1.165) is 25.7 Å². The van der Waals surface area contributed by atoms with Crippen molar-refractivity contribution < 1.29 is 49.7 Å². The maximum atomic E-state index is 11.0. The van der Waals surface area contributed by atoms with Crippen molar-refractivity contribution in [3.05, 3.63) is 130 Å². The van der Waals surface area contributed by atoms with E-state index in [-0.39, 0.29) is 130 Å². The van der Waals surface area contributed by atoms with Crippen LogP contribution >= 0.6 is 0 Å². The molecular formula is C58H111NaO4. The van der Waals surface area contributed by atoms with Crippen LogP contribution in [0.15, 0.2) is 97.1 Å². The second-order valence-corrected chi connectivity index (χ2v) is 14.2. The number of hydrogen-bond acceptors (Lipinski definition) is 4. The molecule has 0 aliphatic carbocycles. The molecule has 0 radical (unpaired) electrons. The van der Waals surface area contributed by atoms with Crippen LogP contribution < -0.4 is 34.3 Å². The molecular weight excluding hydrogens is 784 g/mol. The van der Waals surface area contributed by atoms with Crippen molar-refractivity contribution in [1.29, 1.82) is 0 Å². The van der Waals surface area contributed by atoms with Gasteiger partial charge in [0.2, 0.25) is 0 Å². The van der Waals surface area contributed by atoms with E-state index in [2.05, 4.69) is 116 Å². The molecule has 0 fully saturated rings. The Hall–Kier alpha value is -2.89. The van der Waals surface area contributed by atoms with Crippen molar-refractivity contribution in [3.8, 4) is 11.5 Å². The first-order chi connectivity index (χ1) is 23.5. The molecule has 0 aromatic heterocycles. The summed E-state index contributed by atoms with van der Waals surface area (Å²) >= 11 is 0. The number of phenolic OH excluding ortho intramolecular Hbond substituents is 1. The fourth-order valence-corrected chi connectivity index (χ4v) is 6.70. The van der Waals surface area contributed by atoms with Crippen LogP contribution in [0.4, 0.5) is 0 Å². The minimum Gasteiger partial charge on any atom is -0.870 e. The molecule has 368 valence electrons. The van der Waals surface area contributed by atoms with E-state index in [1.807, 2.05) is 24.3 Å². The van der Waals surface area contributed by atoms with E-state index in [0.29, 0.717) is 47.0 Å². The summed E-state index contributed by atoms with van der Waals surface area (Å²) < 4.78 is 5.12. The standard InChI is InChI=1S/C24H32O2.C22H30O.12CH4.Na.H2O/c1-6-17(3)21-8-10-23(11-9-21)20(7-2)16-18(4)22-12-14-24(15-13-22)26-19(5)25;1-5-16(3)19-7-9-21(10-8-19)18(6-2)15-17(4)20-11-13-22(23)14-12-20;;;;;;;;;;;;;;/h8-15,17-18,20H,6-7,16H2,1-5H3;7-14,16-18,23H,5-6,15H2,1-4H3;12*1H4;;1H2/q;;;;;;;;;;;;;;+1;/p-1. The molecule has 4 nitrogen and oxygen atoms in total. The van der Waals surface area contributed by atoms with Gasteiger partial charge >= 0.3 is 35.5 Å². The number of carbonyl (C=O) groups is 1. The number of ether oxygens (including phenoxy) is 1. The molecule has 0 spiro atoms. The first kappa shape index (κ1) is 90.7. The van der Waals surface area contributed by atoms with E-state index >= 15 is 0 Å². The second-order valence-electron chi connectivity index (χ2n) is 14.2. The summed E-state index contributed by atoms with van der Waals surface area (Å²) in [4.78, 5) is 11.0. The van der Waals surface area contributed by atoms with Crippen LogP contribution in [0, 0.1) is 0 Å². The number of benzene rings is 4. The monoisotopic (exact) mass is 895 g/mol. The zero-order valence-corrected chi connectivity index (χ0v) is 35.2. The molecule has 0 aliphatic heterocycles. The summed E-state index contributed by atoms with van der Waals surface area (Å²) in [7, 11) is 0. The molecule has 4 aromatic rings. The second kappa shape index (κ2) is 47.1. The minimum absolute atomic E-state index is 0.